The van der Waals surface area contributed by atoms with Gasteiger partial charge in [-0.25, -0.2) is 4.98 Å². The maximum Gasteiger partial charge on any atom is 0.253 e. The third kappa shape index (κ3) is 3.59. The van der Waals surface area contributed by atoms with Gasteiger partial charge in [0.05, 0.1) is 0 Å². The van der Waals surface area contributed by atoms with Crippen molar-refractivity contribution in [2.45, 2.75) is 44.6 Å². The van der Waals surface area contributed by atoms with Crippen LogP contribution in [0.4, 0.5) is 0 Å². The Morgan fingerprint density at radius 2 is 1.96 bits per heavy atom. The average Bonchev–Trinajstić information content (AvgIpc) is 3.07. The molecule has 0 unspecified atom stereocenters. The van der Waals surface area contributed by atoms with Crippen LogP contribution in [0.3, 0.4) is 0 Å². The summed E-state index contributed by atoms with van der Waals surface area (Å²) in [5, 5.41) is 0.658. The molecule has 1 amide bonds. The van der Waals surface area contributed by atoms with Crippen LogP contribution in [0.1, 0.15) is 54.2 Å². The van der Waals surface area contributed by atoms with Crippen LogP contribution in [-0.2, 0) is 6.54 Å². The van der Waals surface area contributed by atoms with Crippen molar-refractivity contribution in [2.24, 2.45) is 5.92 Å². The zero-order valence-corrected chi connectivity index (χ0v) is 15.2. The Kier molecular flexibility index (Phi) is 4.80. The monoisotopic (exact) mass is 357 g/mol. The molecule has 1 aromatic heterocycles. The Morgan fingerprint density at radius 3 is 2.68 bits per heavy atom. The minimum absolute atomic E-state index is 0.0958. The van der Waals surface area contributed by atoms with E-state index in [1.165, 1.54) is 19.3 Å². The van der Waals surface area contributed by atoms with Gasteiger partial charge in [0.15, 0.2) is 0 Å². The first-order chi connectivity index (χ1) is 12.2. The third-order valence-corrected chi connectivity index (χ3v) is 5.84. The number of carbonyl (C=O) groups is 1. The van der Waals surface area contributed by atoms with Gasteiger partial charge in [-0.3, -0.25) is 4.79 Å². The molecule has 0 spiro atoms. The second-order valence-corrected chi connectivity index (χ2v) is 7.77. The zero-order chi connectivity index (χ0) is 17.2. The topological polar surface area (TPSA) is 38.1 Å². The third-order valence-electron chi connectivity index (χ3n) is 5.59. The fraction of sp³-hybridized carbons (Fsp3) is 0.500. The van der Waals surface area contributed by atoms with Crippen molar-refractivity contribution in [3.05, 3.63) is 53.1 Å². The molecule has 1 saturated carbocycles. The molecule has 1 saturated heterocycles. The van der Waals surface area contributed by atoms with Crippen LogP contribution >= 0.6 is 11.6 Å². The fourth-order valence-electron chi connectivity index (χ4n) is 3.94. The molecule has 1 aliphatic carbocycles. The SMILES string of the molecule is O=C(c1ccc(Cl)cc1)N1CCC[C@H](c2nccn2CC2CCC2)C1. The molecule has 25 heavy (non-hydrogen) atoms. The van der Waals surface area contributed by atoms with Crippen LogP contribution in [0, 0.1) is 5.92 Å². The summed E-state index contributed by atoms with van der Waals surface area (Å²) >= 11 is 5.93. The maximum atomic E-state index is 12.8. The highest BCUT2D eigenvalue weighted by Gasteiger charge is 2.29. The van der Waals surface area contributed by atoms with Gasteiger partial charge in [0, 0.05) is 48.5 Å². The summed E-state index contributed by atoms with van der Waals surface area (Å²) in [4.78, 5) is 19.4. The lowest BCUT2D eigenvalue weighted by Gasteiger charge is -2.33. The normalized spacial score (nSPS) is 21.2. The van der Waals surface area contributed by atoms with Crippen LogP contribution in [0.15, 0.2) is 36.7 Å². The highest BCUT2D eigenvalue weighted by atomic mass is 35.5. The van der Waals surface area contributed by atoms with E-state index in [0.717, 1.165) is 44.2 Å². The van der Waals surface area contributed by atoms with E-state index in [-0.39, 0.29) is 5.91 Å². The largest absolute Gasteiger partial charge is 0.338 e. The Morgan fingerprint density at radius 1 is 1.16 bits per heavy atom. The first kappa shape index (κ1) is 16.6. The molecule has 2 fully saturated rings. The smallest absolute Gasteiger partial charge is 0.253 e. The molecule has 2 heterocycles. The van der Waals surface area contributed by atoms with Gasteiger partial charge in [0.25, 0.3) is 5.91 Å². The highest BCUT2D eigenvalue weighted by molar-refractivity contribution is 6.30. The van der Waals surface area contributed by atoms with Gasteiger partial charge in [-0.1, -0.05) is 18.0 Å². The minimum Gasteiger partial charge on any atom is -0.338 e. The molecular formula is C20H24ClN3O. The van der Waals surface area contributed by atoms with Crippen LogP contribution in [0.5, 0.6) is 0 Å². The van der Waals surface area contributed by atoms with Crippen molar-refractivity contribution >= 4 is 17.5 Å². The summed E-state index contributed by atoms with van der Waals surface area (Å²) in [7, 11) is 0. The Bertz CT molecular complexity index is 736. The number of hydrogen-bond donors (Lipinski definition) is 0. The Hall–Kier alpha value is -1.81. The number of rotatable bonds is 4. The quantitative estimate of drug-likeness (QED) is 0.815. The van der Waals surface area contributed by atoms with Crippen molar-refractivity contribution < 1.29 is 4.79 Å². The summed E-state index contributed by atoms with van der Waals surface area (Å²) in [6, 6.07) is 7.18. The predicted molar refractivity (Wildman–Crippen MR) is 98.9 cm³/mol. The van der Waals surface area contributed by atoms with Crippen molar-refractivity contribution in [1.82, 2.24) is 14.5 Å². The van der Waals surface area contributed by atoms with E-state index in [1.54, 1.807) is 12.1 Å². The van der Waals surface area contributed by atoms with Gasteiger partial charge in [0.1, 0.15) is 5.82 Å². The second kappa shape index (κ2) is 7.20. The second-order valence-electron chi connectivity index (χ2n) is 7.33. The lowest BCUT2D eigenvalue weighted by atomic mass is 9.85. The summed E-state index contributed by atoms with van der Waals surface area (Å²) in [6.45, 7) is 2.65. The summed E-state index contributed by atoms with van der Waals surface area (Å²) in [5.41, 5.74) is 0.711. The van der Waals surface area contributed by atoms with Crippen molar-refractivity contribution in [3.8, 4) is 0 Å². The number of aromatic nitrogens is 2. The molecule has 0 radical (unpaired) electrons. The number of piperidine rings is 1. The molecule has 4 rings (SSSR count). The van der Waals surface area contributed by atoms with E-state index < -0.39 is 0 Å². The standard InChI is InChI=1S/C20H24ClN3O/c21-18-8-6-16(7-9-18)20(25)24-11-2-5-17(14-24)19-22-10-12-23(19)13-15-3-1-4-15/h6-10,12,15,17H,1-5,11,13-14H2/t17-/m0/s1. The molecular weight excluding hydrogens is 334 g/mol. The number of amides is 1. The number of benzene rings is 1. The van der Waals surface area contributed by atoms with Gasteiger partial charge in [-0.2, -0.15) is 0 Å². The molecule has 132 valence electrons. The van der Waals surface area contributed by atoms with E-state index in [4.69, 9.17) is 11.6 Å². The summed E-state index contributed by atoms with van der Waals surface area (Å²) in [5.74, 6) is 2.39. The Balaban J connectivity index is 1.46. The maximum absolute atomic E-state index is 12.8. The number of imidazole rings is 1. The molecule has 0 N–H and O–H groups in total. The average molecular weight is 358 g/mol. The predicted octanol–water partition coefficient (Wildman–Crippen LogP) is 4.36. The van der Waals surface area contributed by atoms with Gasteiger partial charge in [-0.15, -0.1) is 0 Å². The number of hydrogen-bond acceptors (Lipinski definition) is 2. The minimum atomic E-state index is 0.0958. The van der Waals surface area contributed by atoms with E-state index in [9.17, 15) is 4.79 Å². The van der Waals surface area contributed by atoms with Crippen LogP contribution in [0.2, 0.25) is 5.02 Å². The van der Waals surface area contributed by atoms with E-state index >= 15 is 0 Å². The van der Waals surface area contributed by atoms with E-state index in [1.807, 2.05) is 23.2 Å². The van der Waals surface area contributed by atoms with Crippen molar-refractivity contribution in [1.29, 1.82) is 0 Å². The van der Waals surface area contributed by atoms with Crippen LogP contribution < -0.4 is 0 Å². The van der Waals surface area contributed by atoms with Crippen molar-refractivity contribution in [3.63, 3.8) is 0 Å². The molecule has 1 aromatic carbocycles. The number of likely N-dealkylation sites (tertiary alicyclic amines) is 1. The highest BCUT2D eigenvalue weighted by Crippen LogP contribution is 2.31. The molecule has 2 aromatic rings. The molecule has 5 heteroatoms. The molecule has 0 bridgehead atoms. The van der Waals surface area contributed by atoms with Gasteiger partial charge in [-0.05, 0) is 55.9 Å². The molecule has 2 aliphatic rings. The zero-order valence-electron chi connectivity index (χ0n) is 14.4. The molecule has 1 atom stereocenters. The van der Waals surface area contributed by atoms with Crippen LogP contribution in [0.25, 0.3) is 0 Å². The lowest BCUT2D eigenvalue weighted by Crippen LogP contribution is -2.40. The lowest BCUT2D eigenvalue weighted by molar-refractivity contribution is 0.0702. The first-order valence-corrected chi connectivity index (χ1v) is 9.64. The van der Waals surface area contributed by atoms with Gasteiger partial charge in [0.2, 0.25) is 0 Å². The summed E-state index contributed by atoms with van der Waals surface area (Å²) in [6.07, 6.45) is 10.2. The van der Waals surface area contributed by atoms with Crippen molar-refractivity contribution in [2.75, 3.05) is 13.1 Å². The number of nitrogens with zero attached hydrogens (tertiary/aromatic N) is 3. The molecule has 1 aliphatic heterocycles. The first-order valence-electron chi connectivity index (χ1n) is 9.26. The van der Waals surface area contributed by atoms with E-state index in [2.05, 4.69) is 15.7 Å². The molecule has 4 nitrogen and oxygen atoms in total. The number of carbonyl (C=O) groups excluding carboxylic acids is 1. The Labute approximate surface area is 153 Å². The van der Waals surface area contributed by atoms with Gasteiger partial charge < -0.3 is 9.47 Å². The van der Waals surface area contributed by atoms with Gasteiger partial charge >= 0.3 is 0 Å². The van der Waals surface area contributed by atoms with Crippen LogP contribution in [-0.4, -0.2) is 33.4 Å². The van der Waals surface area contributed by atoms with E-state index in [0.29, 0.717) is 16.5 Å². The number of halogens is 1. The fourth-order valence-corrected chi connectivity index (χ4v) is 4.06. The summed E-state index contributed by atoms with van der Waals surface area (Å²) < 4.78 is 2.32.